The Kier molecular flexibility index (Phi) is 3.34. The maximum atomic E-state index is 12.1. The SMILES string of the molecule is Cn1nc(N)c2cc(S(C)(=O)=O)c(-c3ccc(Cl)cc3)nc21. The van der Waals surface area contributed by atoms with Gasteiger partial charge in [-0.3, -0.25) is 0 Å². The molecule has 0 atom stereocenters. The third-order valence-corrected chi connectivity index (χ3v) is 4.69. The molecule has 8 heteroatoms. The molecule has 22 heavy (non-hydrogen) atoms. The molecule has 6 nitrogen and oxygen atoms in total. The van der Waals surface area contributed by atoms with Crippen molar-refractivity contribution in [2.45, 2.75) is 4.90 Å². The second kappa shape index (κ2) is 4.96. The fourth-order valence-electron chi connectivity index (χ4n) is 2.28. The van der Waals surface area contributed by atoms with Gasteiger partial charge in [0.25, 0.3) is 0 Å². The standard InChI is InChI=1S/C14H13ClN4O2S/c1-19-14-10(13(16)18-19)7-11(22(2,20)21)12(17-14)8-3-5-9(15)6-4-8/h3-7H,1-2H3,(H2,16,18). The van der Waals surface area contributed by atoms with Crippen molar-refractivity contribution in [3.63, 3.8) is 0 Å². The molecule has 3 aromatic rings. The summed E-state index contributed by atoms with van der Waals surface area (Å²) in [4.78, 5) is 4.57. The zero-order valence-electron chi connectivity index (χ0n) is 11.9. The van der Waals surface area contributed by atoms with Gasteiger partial charge in [-0.2, -0.15) is 5.10 Å². The van der Waals surface area contributed by atoms with Crippen LogP contribution in [0.2, 0.25) is 5.02 Å². The fourth-order valence-corrected chi connectivity index (χ4v) is 3.25. The molecule has 114 valence electrons. The van der Waals surface area contributed by atoms with Crippen LogP contribution in [0.1, 0.15) is 0 Å². The number of halogens is 1. The lowest BCUT2D eigenvalue weighted by Gasteiger charge is -2.08. The van der Waals surface area contributed by atoms with Crippen molar-refractivity contribution in [1.29, 1.82) is 0 Å². The average molecular weight is 337 g/mol. The van der Waals surface area contributed by atoms with Gasteiger partial charge < -0.3 is 5.73 Å². The van der Waals surface area contributed by atoms with E-state index in [0.29, 0.717) is 27.3 Å². The zero-order valence-corrected chi connectivity index (χ0v) is 13.5. The first kappa shape index (κ1) is 14.8. The Balaban J connectivity index is 2.40. The van der Waals surface area contributed by atoms with Crippen molar-refractivity contribution in [3.05, 3.63) is 35.4 Å². The molecule has 2 heterocycles. The highest BCUT2D eigenvalue weighted by atomic mass is 35.5. The van der Waals surface area contributed by atoms with Crippen molar-refractivity contribution in [2.24, 2.45) is 7.05 Å². The van der Waals surface area contributed by atoms with E-state index in [0.717, 1.165) is 6.26 Å². The van der Waals surface area contributed by atoms with E-state index in [1.165, 1.54) is 10.7 Å². The Bertz CT molecular complexity index is 978. The first-order valence-corrected chi connectivity index (χ1v) is 8.63. The van der Waals surface area contributed by atoms with E-state index >= 15 is 0 Å². The van der Waals surface area contributed by atoms with Crippen LogP contribution >= 0.6 is 11.6 Å². The lowest BCUT2D eigenvalue weighted by molar-refractivity contribution is 0.602. The van der Waals surface area contributed by atoms with Crippen LogP contribution in [0.25, 0.3) is 22.3 Å². The maximum absolute atomic E-state index is 12.1. The molecule has 3 rings (SSSR count). The molecule has 0 unspecified atom stereocenters. The topological polar surface area (TPSA) is 90.9 Å². The highest BCUT2D eigenvalue weighted by Crippen LogP contribution is 2.31. The van der Waals surface area contributed by atoms with Crippen molar-refractivity contribution >= 4 is 38.3 Å². The summed E-state index contributed by atoms with van der Waals surface area (Å²) in [6.07, 6.45) is 1.14. The molecular formula is C14H13ClN4O2S. The monoisotopic (exact) mass is 336 g/mol. The van der Waals surface area contributed by atoms with E-state index in [2.05, 4.69) is 10.1 Å². The molecule has 0 aliphatic rings. The largest absolute Gasteiger partial charge is 0.382 e. The van der Waals surface area contributed by atoms with Crippen LogP contribution in [-0.4, -0.2) is 29.4 Å². The first-order valence-electron chi connectivity index (χ1n) is 6.36. The maximum Gasteiger partial charge on any atom is 0.177 e. The normalized spacial score (nSPS) is 12.0. The number of pyridine rings is 1. The number of benzene rings is 1. The quantitative estimate of drug-likeness (QED) is 0.775. The third kappa shape index (κ3) is 2.42. The molecule has 0 aliphatic heterocycles. The molecular weight excluding hydrogens is 324 g/mol. The van der Waals surface area contributed by atoms with Gasteiger partial charge >= 0.3 is 0 Å². The molecule has 1 aromatic carbocycles. The molecule has 0 bridgehead atoms. The van der Waals surface area contributed by atoms with E-state index in [-0.39, 0.29) is 10.7 Å². The lowest BCUT2D eigenvalue weighted by Crippen LogP contribution is -2.03. The van der Waals surface area contributed by atoms with Crippen molar-refractivity contribution in [2.75, 3.05) is 12.0 Å². The molecule has 0 saturated carbocycles. The third-order valence-electron chi connectivity index (χ3n) is 3.32. The number of hydrogen-bond acceptors (Lipinski definition) is 5. The van der Waals surface area contributed by atoms with Crippen LogP contribution in [0.4, 0.5) is 5.82 Å². The minimum Gasteiger partial charge on any atom is -0.382 e. The van der Waals surface area contributed by atoms with Crippen LogP contribution in [0.3, 0.4) is 0 Å². The van der Waals surface area contributed by atoms with E-state index in [1.54, 1.807) is 31.3 Å². The number of rotatable bonds is 2. The summed E-state index contributed by atoms with van der Waals surface area (Å²) < 4.78 is 25.8. The second-order valence-corrected chi connectivity index (χ2v) is 7.41. The van der Waals surface area contributed by atoms with Gasteiger partial charge in [0.1, 0.15) is 0 Å². The Morgan fingerprint density at radius 2 is 1.86 bits per heavy atom. The summed E-state index contributed by atoms with van der Waals surface area (Å²) in [5.74, 6) is 0.248. The van der Waals surface area contributed by atoms with Gasteiger partial charge in [-0.25, -0.2) is 18.1 Å². The summed E-state index contributed by atoms with van der Waals surface area (Å²) in [7, 11) is -1.77. The predicted molar refractivity (Wildman–Crippen MR) is 86.5 cm³/mol. The number of hydrogen-bond donors (Lipinski definition) is 1. The van der Waals surface area contributed by atoms with Crippen LogP contribution in [0.15, 0.2) is 35.2 Å². The summed E-state index contributed by atoms with van der Waals surface area (Å²) in [6.45, 7) is 0. The van der Waals surface area contributed by atoms with Crippen LogP contribution in [0.5, 0.6) is 0 Å². The number of aromatic nitrogens is 3. The number of sulfone groups is 1. The van der Waals surface area contributed by atoms with Gasteiger partial charge in [0, 0.05) is 23.9 Å². The molecule has 0 fully saturated rings. The molecule has 2 aromatic heterocycles. The molecule has 2 N–H and O–H groups in total. The van der Waals surface area contributed by atoms with Gasteiger partial charge in [-0.05, 0) is 18.2 Å². The Morgan fingerprint density at radius 3 is 2.45 bits per heavy atom. The van der Waals surface area contributed by atoms with Crippen molar-refractivity contribution < 1.29 is 8.42 Å². The molecule has 0 spiro atoms. The van der Waals surface area contributed by atoms with Gasteiger partial charge in [0.05, 0.1) is 16.0 Å². The highest BCUT2D eigenvalue weighted by molar-refractivity contribution is 7.90. The van der Waals surface area contributed by atoms with Crippen molar-refractivity contribution in [1.82, 2.24) is 14.8 Å². The lowest BCUT2D eigenvalue weighted by atomic mass is 10.1. The number of nitrogens with two attached hydrogens (primary N) is 1. The minimum absolute atomic E-state index is 0.113. The Morgan fingerprint density at radius 1 is 1.23 bits per heavy atom. The molecule has 0 amide bonds. The van der Waals surface area contributed by atoms with Crippen LogP contribution in [-0.2, 0) is 16.9 Å². The van der Waals surface area contributed by atoms with Gasteiger partial charge in [0.2, 0.25) is 0 Å². The average Bonchev–Trinajstić information content (AvgIpc) is 2.72. The smallest absolute Gasteiger partial charge is 0.177 e. The van der Waals surface area contributed by atoms with Crippen LogP contribution < -0.4 is 5.73 Å². The number of aryl methyl sites for hydroxylation is 1. The minimum atomic E-state index is -3.48. The van der Waals surface area contributed by atoms with E-state index in [1.807, 2.05) is 0 Å². The molecule has 0 saturated heterocycles. The second-order valence-electron chi connectivity index (χ2n) is 4.99. The van der Waals surface area contributed by atoms with Gasteiger partial charge in [0.15, 0.2) is 21.3 Å². The summed E-state index contributed by atoms with van der Waals surface area (Å²) >= 11 is 5.88. The first-order chi connectivity index (χ1) is 10.3. The molecule has 0 aliphatic carbocycles. The number of nitrogens with zero attached hydrogens (tertiary/aromatic N) is 3. The Hall–Kier alpha value is -2.12. The molecule has 0 radical (unpaired) electrons. The predicted octanol–water partition coefficient (Wildman–Crippen LogP) is 2.27. The van der Waals surface area contributed by atoms with E-state index in [9.17, 15) is 8.42 Å². The van der Waals surface area contributed by atoms with Gasteiger partial charge in [-0.1, -0.05) is 23.7 Å². The summed E-state index contributed by atoms with van der Waals surface area (Å²) in [5.41, 5.74) is 7.35. The van der Waals surface area contributed by atoms with Crippen molar-refractivity contribution in [3.8, 4) is 11.3 Å². The van der Waals surface area contributed by atoms with E-state index in [4.69, 9.17) is 17.3 Å². The van der Waals surface area contributed by atoms with Crippen LogP contribution in [0, 0.1) is 0 Å². The van der Waals surface area contributed by atoms with Gasteiger partial charge in [-0.15, -0.1) is 0 Å². The van der Waals surface area contributed by atoms with E-state index < -0.39 is 9.84 Å². The zero-order chi connectivity index (χ0) is 16.1. The summed E-state index contributed by atoms with van der Waals surface area (Å²) in [5, 5.41) is 5.16. The highest BCUT2D eigenvalue weighted by Gasteiger charge is 2.20. The fraction of sp³-hybridized carbons (Fsp3) is 0.143. The number of nitrogen functional groups attached to an aromatic ring is 1. The summed E-state index contributed by atoms with van der Waals surface area (Å²) in [6, 6.07) is 8.35. The number of anilines is 1. The number of fused-ring (bicyclic) bond motifs is 1. The Labute approximate surface area is 132 Å².